The first-order chi connectivity index (χ1) is 9.03. The van der Waals surface area contributed by atoms with E-state index in [1.54, 1.807) is 11.3 Å². The number of carbonyl (C=O) groups excluding carboxylic acids is 1. The minimum atomic E-state index is -0.673. The molecule has 0 unspecified atom stereocenters. The molecule has 19 heavy (non-hydrogen) atoms. The van der Waals surface area contributed by atoms with Gasteiger partial charge in [-0.25, -0.2) is 0 Å². The van der Waals surface area contributed by atoms with E-state index in [1.807, 2.05) is 22.6 Å². The van der Waals surface area contributed by atoms with Crippen LogP contribution in [-0.4, -0.2) is 35.0 Å². The number of rotatable bonds is 2. The topological polar surface area (TPSA) is 57.6 Å². The lowest BCUT2D eigenvalue weighted by atomic mass is 9.90. The highest BCUT2D eigenvalue weighted by Gasteiger charge is 2.59. The molecule has 102 valence electrons. The number of carboxylic acid groups (broad SMARTS) is 1. The molecule has 5 heteroatoms. The molecule has 0 aromatic carbocycles. The first-order valence-corrected chi connectivity index (χ1v) is 7.53. The first-order valence-electron chi connectivity index (χ1n) is 6.58. The minimum absolute atomic E-state index is 0.00763. The highest BCUT2D eigenvalue weighted by Crippen LogP contribution is 2.59. The van der Waals surface area contributed by atoms with Gasteiger partial charge in [0.2, 0.25) is 0 Å². The van der Waals surface area contributed by atoms with Gasteiger partial charge in [-0.2, -0.15) is 11.3 Å². The van der Waals surface area contributed by atoms with Crippen LogP contribution in [0.15, 0.2) is 10.8 Å². The normalized spacial score (nSPS) is 24.5. The number of aryl methyl sites for hydroxylation is 1. The Kier molecular flexibility index (Phi) is 2.89. The molecule has 1 saturated heterocycles. The zero-order valence-corrected chi connectivity index (χ0v) is 11.7. The number of carbonyl (C=O) groups is 2. The summed E-state index contributed by atoms with van der Waals surface area (Å²) in [7, 11) is 0. The van der Waals surface area contributed by atoms with E-state index in [2.05, 4.69) is 0 Å². The number of hydrogen-bond acceptors (Lipinski definition) is 3. The van der Waals surface area contributed by atoms with E-state index in [-0.39, 0.29) is 17.2 Å². The van der Waals surface area contributed by atoms with Crippen LogP contribution in [-0.2, 0) is 4.79 Å². The maximum Gasteiger partial charge on any atom is 0.307 e. The van der Waals surface area contributed by atoms with Gasteiger partial charge in [-0.05, 0) is 42.5 Å². The quantitative estimate of drug-likeness (QED) is 0.904. The lowest BCUT2D eigenvalue weighted by Crippen LogP contribution is -2.40. The zero-order chi connectivity index (χ0) is 13.6. The third-order valence-electron chi connectivity index (χ3n) is 4.62. The number of amides is 1. The van der Waals surface area contributed by atoms with Crippen molar-refractivity contribution >= 4 is 23.2 Å². The monoisotopic (exact) mass is 279 g/mol. The van der Waals surface area contributed by atoms with Crippen LogP contribution in [0.2, 0.25) is 0 Å². The number of thiophene rings is 1. The van der Waals surface area contributed by atoms with Crippen molar-refractivity contribution in [1.29, 1.82) is 0 Å². The molecule has 0 radical (unpaired) electrons. The number of carboxylic acids is 1. The van der Waals surface area contributed by atoms with Gasteiger partial charge in [-0.1, -0.05) is 0 Å². The molecule has 2 fully saturated rings. The Hall–Kier alpha value is -1.36. The molecule has 1 saturated carbocycles. The summed E-state index contributed by atoms with van der Waals surface area (Å²) in [6.45, 7) is 3.34. The molecular weight excluding hydrogens is 262 g/mol. The van der Waals surface area contributed by atoms with Gasteiger partial charge < -0.3 is 10.0 Å². The van der Waals surface area contributed by atoms with Crippen LogP contribution in [0.25, 0.3) is 0 Å². The molecule has 1 spiro atoms. The van der Waals surface area contributed by atoms with Gasteiger partial charge in [0, 0.05) is 18.5 Å². The molecule has 1 N–H and O–H groups in total. The Morgan fingerprint density at radius 2 is 2.05 bits per heavy atom. The summed E-state index contributed by atoms with van der Waals surface area (Å²) in [6.07, 6.45) is 2.46. The molecular formula is C14H17NO3S. The third-order valence-corrected chi connectivity index (χ3v) is 5.48. The lowest BCUT2D eigenvalue weighted by Gasteiger charge is -2.32. The van der Waals surface area contributed by atoms with Crippen LogP contribution in [0.4, 0.5) is 0 Å². The van der Waals surface area contributed by atoms with Crippen molar-refractivity contribution in [3.63, 3.8) is 0 Å². The van der Waals surface area contributed by atoms with Gasteiger partial charge in [0.05, 0.1) is 11.5 Å². The summed E-state index contributed by atoms with van der Waals surface area (Å²) in [5.74, 6) is -0.748. The van der Waals surface area contributed by atoms with Gasteiger partial charge in [0.15, 0.2) is 0 Å². The van der Waals surface area contributed by atoms with Crippen molar-refractivity contribution in [2.45, 2.75) is 26.2 Å². The minimum Gasteiger partial charge on any atom is -0.481 e. The Labute approximate surface area is 116 Å². The lowest BCUT2D eigenvalue weighted by molar-refractivity contribution is -0.139. The smallest absolute Gasteiger partial charge is 0.307 e. The second-order valence-electron chi connectivity index (χ2n) is 5.72. The number of likely N-dealkylation sites (tertiary alicyclic amines) is 1. The molecule has 4 nitrogen and oxygen atoms in total. The van der Waals surface area contributed by atoms with E-state index in [1.165, 1.54) is 0 Å². The fraction of sp³-hybridized carbons (Fsp3) is 0.571. The first kappa shape index (κ1) is 12.7. The second-order valence-corrected chi connectivity index (χ2v) is 6.46. The maximum absolute atomic E-state index is 12.3. The van der Waals surface area contributed by atoms with Crippen LogP contribution in [0, 0.1) is 18.3 Å². The van der Waals surface area contributed by atoms with Gasteiger partial charge >= 0.3 is 5.97 Å². The average molecular weight is 279 g/mol. The van der Waals surface area contributed by atoms with Crippen LogP contribution >= 0.6 is 11.3 Å². The van der Waals surface area contributed by atoms with E-state index in [0.29, 0.717) is 13.1 Å². The van der Waals surface area contributed by atoms with Crippen molar-refractivity contribution in [1.82, 2.24) is 4.90 Å². The molecule has 1 aromatic heterocycles. The Morgan fingerprint density at radius 3 is 2.53 bits per heavy atom. The molecule has 1 aliphatic heterocycles. The molecule has 1 aromatic rings. The van der Waals surface area contributed by atoms with Gasteiger partial charge in [-0.3, -0.25) is 9.59 Å². The van der Waals surface area contributed by atoms with Gasteiger partial charge in [0.1, 0.15) is 0 Å². The summed E-state index contributed by atoms with van der Waals surface area (Å²) < 4.78 is 0. The molecule has 1 amide bonds. The zero-order valence-electron chi connectivity index (χ0n) is 10.9. The van der Waals surface area contributed by atoms with Crippen molar-refractivity contribution < 1.29 is 14.7 Å². The summed E-state index contributed by atoms with van der Waals surface area (Å²) >= 11 is 1.55. The molecule has 3 rings (SSSR count). The highest BCUT2D eigenvalue weighted by molar-refractivity contribution is 7.08. The van der Waals surface area contributed by atoms with Crippen molar-refractivity contribution in [2.75, 3.05) is 13.1 Å². The number of hydrogen-bond donors (Lipinski definition) is 1. The number of nitrogens with zero attached hydrogens (tertiary/aromatic N) is 1. The SMILES string of the molecule is Cc1cscc1C(=O)N1CCC2(CC1)C[C@H]2C(=O)O. The Bertz CT molecular complexity index is 529. The van der Waals surface area contributed by atoms with Crippen LogP contribution < -0.4 is 0 Å². The predicted octanol–water partition coefficient (Wildman–Crippen LogP) is 2.38. The Morgan fingerprint density at radius 1 is 1.37 bits per heavy atom. The summed E-state index contributed by atoms with van der Waals surface area (Å²) in [6, 6.07) is 0. The summed E-state index contributed by atoms with van der Waals surface area (Å²) in [5, 5.41) is 12.9. The maximum atomic E-state index is 12.3. The van der Waals surface area contributed by atoms with Crippen LogP contribution in [0.1, 0.15) is 35.2 Å². The predicted molar refractivity (Wildman–Crippen MR) is 72.4 cm³/mol. The van der Waals surface area contributed by atoms with Gasteiger partial charge in [-0.15, -0.1) is 0 Å². The van der Waals surface area contributed by atoms with Crippen molar-refractivity contribution in [3.8, 4) is 0 Å². The van der Waals surface area contributed by atoms with E-state index in [9.17, 15) is 9.59 Å². The van der Waals surface area contributed by atoms with E-state index in [4.69, 9.17) is 5.11 Å². The molecule has 2 heterocycles. The van der Waals surface area contributed by atoms with E-state index in [0.717, 1.165) is 30.4 Å². The van der Waals surface area contributed by atoms with Crippen LogP contribution in [0.5, 0.6) is 0 Å². The fourth-order valence-electron chi connectivity index (χ4n) is 3.15. The number of aliphatic carboxylic acids is 1. The van der Waals surface area contributed by atoms with E-state index >= 15 is 0 Å². The molecule has 1 aliphatic carbocycles. The summed E-state index contributed by atoms with van der Waals surface area (Å²) in [5.41, 5.74) is 1.82. The molecule has 1 atom stereocenters. The van der Waals surface area contributed by atoms with Crippen molar-refractivity contribution in [3.05, 3.63) is 21.9 Å². The molecule has 0 bridgehead atoms. The van der Waals surface area contributed by atoms with Gasteiger partial charge in [0.25, 0.3) is 5.91 Å². The number of piperidine rings is 1. The highest BCUT2D eigenvalue weighted by atomic mass is 32.1. The average Bonchev–Trinajstić information content (AvgIpc) is 2.92. The van der Waals surface area contributed by atoms with Crippen LogP contribution in [0.3, 0.4) is 0 Å². The third kappa shape index (κ3) is 2.06. The second kappa shape index (κ2) is 4.34. The van der Waals surface area contributed by atoms with Crippen molar-refractivity contribution in [2.24, 2.45) is 11.3 Å². The Balaban J connectivity index is 1.64. The summed E-state index contributed by atoms with van der Waals surface area (Å²) in [4.78, 5) is 25.2. The largest absolute Gasteiger partial charge is 0.481 e. The molecule has 2 aliphatic rings. The standard InChI is InChI=1S/C14H17NO3S/c1-9-7-19-8-10(9)12(16)15-4-2-14(3-5-15)6-11(14)13(17)18/h7-8,11H,2-6H2,1H3,(H,17,18)/t11-/m0/s1. The fourth-order valence-corrected chi connectivity index (χ4v) is 3.98. The van der Waals surface area contributed by atoms with E-state index < -0.39 is 5.97 Å².